The number of carbonyl (C=O) groups excluding carboxylic acids is 1. The van der Waals surface area contributed by atoms with Crippen LogP contribution in [0.2, 0.25) is 0 Å². The van der Waals surface area contributed by atoms with Crippen molar-refractivity contribution < 1.29 is 14.3 Å². The van der Waals surface area contributed by atoms with Crippen LogP contribution in [0.4, 0.5) is 5.82 Å². The Balaban J connectivity index is 1.72. The lowest BCUT2D eigenvalue weighted by atomic mass is 10.1. The van der Waals surface area contributed by atoms with Gasteiger partial charge in [0.25, 0.3) is 5.91 Å². The van der Waals surface area contributed by atoms with Crippen molar-refractivity contribution in [2.24, 2.45) is 0 Å². The van der Waals surface area contributed by atoms with Gasteiger partial charge in [-0.15, -0.1) is 0 Å². The fourth-order valence-corrected chi connectivity index (χ4v) is 4.28. The Morgan fingerprint density at radius 3 is 2.72 bits per heavy atom. The Bertz CT molecular complexity index is 1110. The number of rotatable bonds is 7. The predicted octanol–water partition coefficient (Wildman–Crippen LogP) is 4.44. The topological polar surface area (TPSA) is 54.9 Å². The molecule has 2 aromatic carbocycles. The number of pyridine rings is 1. The highest BCUT2D eigenvalue weighted by atomic mass is 16.5. The molecule has 1 amide bonds. The molecule has 168 valence electrons. The summed E-state index contributed by atoms with van der Waals surface area (Å²) in [6, 6.07) is 15.7. The van der Waals surface area contributed by atoms with E-state index < -0.39 is 0 Å². The van der Waals surface area contributed by atoms with Crippen molar-refractivity contribution in [2.75, 3.05) is 39.3 Å². The molecular formula is C26H31N3O3. The van der Waals surface area contributed by atoms with Crippen LogP contribution in [0.5, 0.6) is 5.75 Å². The number of aromatic nitrogens is 1. The molecule has 0 spiro atoms. The molecule has 0 radical (unpaired) electrons. The molecule has 0 N–H and O–H groups in total. The summed E-state index contributed by atoms with van der Waals surface area (Å²) >= 11 is 0. The smallest absolute Gasteiger partial charge is 0.254 e. The average Bonchev–Trinajstić information content (AvgIpc) is 3.31. The van der Waals surface area contributed by atoms with Crippen molar-refractivity contribution in [3.63, 3.8) is 0 Å². The molecule has 6 nitrogen and oxygen atoms in total. The van der Waals surface area contributed by atoms with Crippen molar-refractivity contribution >= 4 is 22.6 Å². The summed E-state index contributed by atoms with van der Waals surface area (Å²) in [5.74, 6) is 1.51. The van der Waals surface area contributed by atoms with E-state index in [1.165, 1.54) is 0 Å². The molecule has 1 aliphatic rings. The van der Waals surface area contributed by atoms with E-state index in [4.69, 9.17) is 14.5 Å². The van der Waals surface area contributed by atoms with Crippen LogP contribution in [0.1, 0.15) is 34.3 Å². The maximum absolute atomic E-state index is 13.6. The van der Waals surface area contributed by atoms with Gasteiger partial charge in [0.15, 0.2) is 0 Å². The van der Waals surface area contributed by atoms with Gasteiger partial charge in [-0.05, 0) is 49.6 Å². The molecule has 32 heavy (non-hydrogen) atoms. The third-order valence-electron chi connectivity index (χ3n) is 5.94. The largest absolute Gasteiger partial charge is 0.497 e. The molecule has 1 aromatic heterocycles. The number of aryl methyl sites for hydroxylation is 1. The van der Waals surface area contributed by atoms with E-state index in [1.807, 2.05) is 48.2 Å². The lowest BCUT2D eigenvalue weighted by molar-refractivity contribution is 0.0507. The SMILES string of the molecule is COc1cccc(C(=O)N(Cc2cc3cccc(C)c3nc2N(C)C)C[C@@H]2CCCO2)c1. The molecule has 0 bridgehead atoms. The van der Waals surface area contributed by atoms with Crippen molar-refractivity contribution in [1.29, 1.82) is 0 Å². The molecule has 0 saturated carbocycles. The lowest BCUT2D eigenvalue weighted by Crippen LogP contribution is -2.37. The van der Waals surface area contributed by atoms with Gasteiger partial charge >= 0.3 is 0 Å². The number of hydrogen-bond acceptors (Lipinski definition) is 5. The number of fused-ring (bicyclic) bond motifs is 1. The third-order valence-corrected chi connectivity index (χ3v) is 5.94. The maximum atomic E-state index is 13.6. The predicted molar refractivity (Wildman–Crippen MR) is 128 cm³/mol. The highest BCUT2D eigenvalue weighted by molar-refractivity contribution is 5.95. The Morgan fingerprint density at radius 2 is 2.00 bits per heavy atom. The van der Waals surface area contributed by atoms with E-state index in [2.05, 4.69) is 25.1 Å². The second-order valence-electron chi connectivity index (χ2n) is 8.56. The number of carbonyl (C=O) groups is 1. The van der Waals surface area contributed by atoms with Crippen molar-refractivity contribution in [3.8, 4) is 5.75 Å². The lowest BCUT2D eigenvalue weighted by Gasteiger charge is -2.28. The molecule has 2 heterocycles. The fourth-order valence-electron chi connectivity index (χ4n) is 4.28. The molecule has 1 saturated heterocycles. The summed E-state index contributed by atoms with van der Waals surface area (Å²) in [5.41, 5.74) is 3.76. The van der Waals surface area contributed by atoms with Crippen molar-refractivity contribution in [2.45, 2.75) is 32.4 Å². The van der Waals surface area contributed by atoms with Crippen LogP contribution in [-0.4, -0.2) is 56.3 Å². The van der Waals surface area contributed by atoms with E-state index in [-0.39, 0.29) is 12.0 Å². The zero-order valence-electron chi connectivity index (χ0n) is 19.3. The number of anilines is 1. The van der Waals surface area contributed by atoms with Gasteiger partial charge in [0.05, 0.1) is 18.7 Å². The number of hydrogen-bond donors (Lipinski definition) is 0. The van der Waals surface area contributed by atoms with Gasteiger partial charge in [0, 0.05) is 50.3 Å². The standard InChI is InChI=1S/C26H31N3O3/c1-18-8-5-9-19-14-21(25(28(2)3)27-24(18)19)16-29(17-23-12-7-13-32-23)26(30)20-10-6-11-22(15-20)31-4/h5-6,8-11,14-15,23H,7,12-13,16-17H2,1-4H3/t23-/m0/s1. The summed E-state index contributed by atoms with van der Waals surface area (Å²) in [7, 11) is 5.59. The Hall–Kier alpha value is -3.12. The third kappa shape index (κ3) is 4.70. The van der Waals surface area contributed by atoms with Gasteiger partial charge in [-0.3, -0.25) is 4.79 Å². The van der Waals surface area contributed by atoms with E-state index in [9.17, 15) is 4.79 Å². The molecular weight excluding hydrogens is 402 g/mol. The summed E-state index contributed by atoms with van der Waals surface area (Å²) in [6.45, 7) is 3.84. The van der Waals surface area contributed by atoms with Crippen LogP contribution in [0.3, 0.4) is 0 Å². The van der Waals surface area contributed by atoms with E-state index in [0.717, 1.165) is 47.3 Å². The second-order valence-corrected chi connectivity index (χ2v) is 8.56. The molecule has 4 rings (SSSR count). The zero-order chi connectivity index (χ0) is 22.7. The van der Waals surface area contributed by atoms with Gasteiger partial charge in [-0.25, -0.2) is 4.98 Å². The van der Waals surface area contributed by atoms with Crippen LogP contribution >= 0.6 is 0 Å². The van der Waals surface area contributed by atoms with Crippen LogP contribution in [0.25, 0.3) is 10.9 Å². The Labute approximate surface area is 189 Å². The summed E-state index contributed by atoms with van der Waals surface area (Å²) in [6.07, 6.45) is 2.06. The Kier molecular flexibility index (Phi) is 6.61. The first-order valence-corrected chi connectivity index (χ1v) is 11.1. The van der Waals surface area contributed by atoms with Crippen molar-refractivity contribution in [1.82, 2.24) is 9.88 Å². The number of nitrogens with zero attached hydrogens (tertiary/aromatic N) is 3. The fraction of sp³-hybridized carbons (Fsp3) is 0.385. The molecule has 1 aliphatic heterocycles. The summed E-state index contributed by atoms with van der Waals surface area (Å²) < 4.78 is 11.2. The Morgan fingerprint density at radius 1 is 1.19 bits per heavy atom. The molecule has 6 heteroatoms. The molecule has 3 aromatic rings. The van der Waals surface area contributed by atoms with Crippen LogP contribution < -0.4 is 9.64 Å². The van der Waals surface area contributed by atoms with Gasteiger partial charge in [-0.2, -0.15) is 0 Å². The molecule has 1 fully saturated rings. The molecule has 1 atom stereocenters. The van der Waals surface area contributed by atoms with Crippen LogP contribution in [-0.2, 0) is 11.3 Å². The number of amides is 1. The number of para-hydroxylation sites is 1. The van der Waals surface area contributed by atoms with Gasteiger partial charge < -0.3 is 19.3 Å². The van der Waals surface area contributed by atoms with Crippen LogP contribution in [0, 0.1) is 6.92 Å². The maximum Gasteiger partial charge on any atom is 0.254 e. The monoisotopic (exact) mass is 433 g/mol. The minimum atomic E-state index is -0.0338. The first-order chi connectivity index (χ1) is 15.5. The summed E-state index contributed by atoms with van der Waals surface area (Å²) in [4.78, 5) is 22.4. The second kappa shape index (κ2) is 9.57. The molecule has 0 aliphatic carbocycles. The number of benzene rings is 2. The quantitative estimate of drug-likeness (QED) is 0.551. The van der Waals surface area contributed by atoms with Gasteiger partial charge in [0.2, 0.25) is 0 Å². The van der Waals surface area contributed by atoms with Gasteiger partial charge in [-0.1, -0.05) is 24.3 Å². The van der Waals surface area contributed by atoms with Gasteiger partial charge in [0.1, 0.15) is 11.6 Å². The normalized spacial score (nSPS) is 15.7. The minimum absolute atomic E-state index is 0.0338. The highest BCUT2D eigenvalue weighted by Gasteiger charge is 2.25. The number of methoxy groups -OCH3 is 1. The first kappa shape index (κ1) is 22.1. The van der Waals surface area contributed by atoms with E-state index >= 15 is 0 Å². The number of ether oxygens (including phenoxy) is 2. The van der Waals surface area contributed by atoms with E-state index in [0.29, 0.717) is 24.4 Å². The van der Waals surface area contributed by atoms with E-state index in [1.54, 1.807) is 13.2 Å². The van der Waals surface area contributed by atoms with Crippen molar-refractivity contribution in [3.05, 3.63) is 65.2 Å². The highest BCUT2D eigenvalue weighted by Crippen LogP contribution is 2.27. The average molecular weight is 434 g/mol. The minimum Gasteiger partial charge on any atom is -0.497 e. The molecule has 0 unspecified atom stereocenters. The zero-order valence-corrected chi connectivity index (χ0v) is 19.3. The van der Waals surface area contributed by atoms with Crippen LogP contribution in [0.15, 0.2) is 48.5 Å². The first-order valence-electron chi connectivity index (χ1n) is 11.1. The summed E-state index contributed by atoms with van der Waals surface area (Å²) in [5, 5.41) is 1.08.